The SMILES string of the molecule is CN=C(NCCc1ncc(C)s1)NCc1ccc(N2CCOCC2)cc1C(F)(F)F. The number of rotatable bonds is 6. The summed E-state index contributed by atoms with van der Waals surface area (Å²) >= 11 is 1.63. The Balaban J connectivity index is 1.62. The zero-order valence-electron chi connectivity index (χ0n) is 17.1. The average Bonchev–Trinajstić information content (AvgIpc) is 3.15. The van der Waals surface area contributed by atoms with Crippen LogP contribution in [0, 0.1) is 6.92 Å². The van der Waals surface area contributed by atoms with Crippen molar-refractivity contribution >= 4 is 23.0 Å². The maximum absolute atomic E-state index is 13.7. The van der Waals surface area contributed by atoms with E-state index >= 15 is 0 Å². The van der Waals surface area contributed by atoms with Crippen LogP contribution in [0.1, 0.15) is 21.0 Å². The van der Waals surface area contributed by atoms with E-state index in [1.165, 1.54) is 12.1 Å². The molecule has 2 heterocycles. The van der Waals surface area contributed by atoms with Gasteiger partial charge in [0.05, 0.1) is 23.8 Å². The zero-order valence-corrected chi connectivity index (χ0v) is 17.9. The van der Waals surface area contributed by atoms with Gasteiger partial charge in [0.1, 0.15) is 0 Å². The quantitative estimate of drug-likeness (QED) is 0.533. The van der Waals surface area contributed by atoms with E-state index in [-0.39, 0.29) is 12.1 Å². The first-order chi connectivity index (χ1) is 14.4. The number of thiazole rings is 1. The first-order valence-corrected chi connectivity index (χ1v) is 10.6. The number of halogens is 3. The van der Waals surface area contributed by atoms with Gasteiger partial charge in [-0.2, -0.15) is 13.2 Å². The Morgan fingerprint density at radius 3 is 2.67 bits per heavy atom. The number of ether oxygens (including phenoxy) is 1. The maximum Gasteiger partial charge on any atom is 0.416 e. The molecule has 0 bridgehead atoms. The Kier molecular flexibility index (Phi) is 7.54. The summed E-state index contributed by atoms with van der Waals surface area (Å²) in [6.45, 7) is 4.83. The lowest BCUT2D eigenvalue weighted by Crippen LogP contribution is -2.38. The number of aryl methyl sites for hydroxylation is 1. The molecule has 0 unspecified atom stereocenters. The second-order valence-electron chi connectivity index (χ2n) is 6.91. The molecule has 2 aromatic rings. The molecule has 3 rings (SSSR count). The largest absolute Gasteiger partial charge is 0.416 e. The second-order valence-corrected chi connectivity index (χ2v) is 8.23. The molecule has 0 radical (unpaired) electrons. The highest BCUT2D eigenvalue weighted by Gasteiger charge is 2.34. The number of morpholine rings is 1. The summed E-state index contributed by atoms with van der Waals surface area (Å²) < 4.78 is 46.3. The third-order valence-electron chi connectivity index (χ3n) is 4.75. The molecule has 1 aliphatic heterocycles. The molecule has 0 atom stereocenters. The molecular formula is C20H26F3N5OS. The van der Waals surface area contributed by atoms with E-state index in [1.54, 1.807) is 24.5 Å². The van der Waals surface area contributed by atoms with Gasteiger partial charge in [0.15, 0.2) is 5.96 Å². The second kappa shape index (κ2) is 10.1. The van der Waals surface area contributed by atoms with Crippen LogP contribution in [-0.2, 0) is 23.9 Å². The average molecular weight is 442 g/mol. The van der Waals surface area contributed by atoms with Crippen molar-refractivity contribution in [2.45, 2.75) is 26.1 Å². The summed E-state index contributed by atoms with van der Waals surface area (Å²) in [6.07, 6.45) is -1.88. The number of hydrogen-bond donors (Lipinski definition) is 2. The Labute approximate surface area is 178 Å². The minimum Gasteiger partial charge on any atom is -0.378 e. The predicted octanol–water partition coefficient (Wildman–Crippen LogP) is 3.21. The number of aliphatic imine (C=N–C) groups is 1. The molecule has 10 heteroatoms. The molecule has 1 saturated heterocycles. The fourth-order valence-corrected chi connectivity index (χ4v) is 3.99. The summed E-state index contributed by atoms with van der Waals surface area (Å²) in [6, 6.07) is 4.49. The van der Waals surface area contributed by atoms with Crippen LogP contribution in [0.3, 0.4) is 0 Å². The van der Waals surface area contributed by atoms with Crippen molar-refractivity contribution < 1.29 is 17.9 Å². The molecule has 0 amide bonds. The number of aromatic nitrogens is 1. The maximum atomic E-state index is 13.7. The van der Waals surface area contributed by atoms with Gasteiger partial charge >= 0.3 is 6.18 Å². The van der Waals surface area contributed by atoms with E-state index in [4.69, 9.17) is 4.74 Å². The molecule has 0 saturated carbocycles. The van der Waals surface area contributed by atoms with Crippen LogP contribution >= 0.6 is 11.3 Å². The molecule has 30 heavy (non-hydrogen) atoms. The number of nitrogens with zero attached hydrogens (tertiary/aromatic N) is 3. The Bertz CT molecular complexity index is 862. The van der Waals surface area contributed by atoms with Crippen molar-refractivity contribution in [1.29, 1.82) is 0 Å². The van der Waals surface area contributed by atoms with Crippen molar-refractivity contribution in [3.05, 3.63) is 45.4 Å². The summed E-state index contributed by atoms with van der Waals surface area (Å²) in [5, 5.41) is 7.11. The minimum absolute atomic E-state index is 0.0221. The van der Waals surface area contributed by atoms with Crippen LogP contribution in [0.2, 0.25) is 0 Å². The number of nitrogens with one attached hydrogen (secondary N) is 2. The molecule has 1 aromatic carbocycles. The number of alkyl halides is 3. The lowest BCUT2D eigenvalue weighted by atomic mass is 10.0. The summed E-state index contributed by atoms with van der Waals surface area (Å²) in [4.78, 5) is 11.5. The van der Waals surface area contributed by atoms with Gasteiger partial charge in [-0.25, -0.2) is 4.98 Å². The number of hydrogen-bond acceptors (Lipinski definition) is 5. The molecular weight excluding hydrogens is 415 g/mol. The van der Waals surface area contributed by atoms with Crippen molar-refractivity contribution in [3.8, 4) is 0 Å². The monoisotopic (exact) mass is 441 g/mol. The molecule has 164 valence electrons. The van der Waals surface area contributed by atoms with E-state index in [1.807, 2.05) is 18.0 Å². The van der Waals surface area contributed by atoms with Gasteiger partial charge in [0, 0.05) is 56.4 Å². The van der Waals surface area contributed by atoms with Crippen molar-refractivity contribution in [1.82, 2.24) is 15.6 Å². The molecule has 1 aliphatic rings. The highest BCUT2D eigenvalue weighted by molar-refractivity contribution is 7.11. The van der Waals surface area contributed by atoms with E-state index in [0.29, 0.717) is 44.5 Å². The van der Waals surface area contributed by atoms with Gasteiger partial charge < -0.3 is 20.3 Å². The number of guanidine groups is 1. The van der Waals surface area contributed by atoms with E-state index < -0.39 is 11.7 Å². The van der Waals surface area contributed by atoms with Crippen LogP contribution in [-0.4, -0.2) is 50.8 Å². The highest BCUT2D eigenvalue weighted by Crippen LogP contribution is 2.35. The predicted molar refractivity (Wildman–Crippen MR) is 113 cm³/mol. The van der Waals surface area contributed by atoms with Gasteiger partial charge in [0.25, 0.3) is 0 Å². The van der Waals surface area contributed by atoms with Crippen LogP contribution in [0.15, 0.2) is 29.4 Å². The normalized spacial score (nSPS) is 15.4. The molecule has 0 aliphatic carbocycles. The van der Waals surface area contributed by atoms with Crippen molar-refractivity contribution in [3.63, 3.8) is 0 Å². The standard InChI is InChI=1S/C20H26F3N5OS/c1-14-12-26-18(30-14)5-6-25-19(24-2)27-13-15-3-4-16(11-17(15)20(21,22)23)28-7-9-29-10-8-28/h3-4,11-12H,5-10,13H2,1-2H3,(H2,24,25,27). The zero-order chi connectivity index (χ0) is 21.6. The van der Waals surface area contributed by atoms with Gasteiger partial charge in [-0.3, -0.25) is 4.99 Å². The van der Waals surface area contributed by atoms with Gasteiger partial charge in [0.2, 0.25) is 0 Å². The van der Waals surface area contributed by atoms with E-state index in [0.717, 1.165) is 16.3 Å². The van der Waals surface area contributed by atoms with Crippen LogP contribution in [0.25, 0.3) is 0 Å². The Morgan fingerprint density at radius 2 is 2.03 bits per heavy atom. The molecule has 6 nitrogen and oxygen atoms in total. The molecule has 1 fully saturated rings. The van der Waals surface area contributed by atoms with Crippen LogP contribution in [0.4, 0.5) is 18.9 Å². The highest BCUT2D eigenvalue weighted by atomic mass is 32.1. The summed E-state index contributed by atoms with van der Waals surface area (Å²) in [7, 11) is 1.59. The molecule has 0 spiro atoms. The van der Waals surface area contributed by atoms with Crippen LogP contribution in [0.5, 0.6) is 0 Å². The first-order valence-electron chi connectivity index (χ1n) is 9.75. The third kappa shape index (κ3) is 6.09. The fourth-order valence-electron chi connectivity index (χ4n) is 3.21. The molecule has 2 N–H and O–H groups in total. The summed E-state index contributed by atoms with van der Waals surface area (Å²) in [5.41, 5.74) is 0.112. The first kappa shape index (κ1) is 22.4. The number of benzene rings is 1. The Hall–Kier alpha value is -2.33. The minimum atomic E-state index is -4.43. The Morgan fingerprint density at radius 1 is 1.27 bits per heavy atom. The fraction of sp³-hybridized carbons (Fsp3) is 0.500. The molecule has 1 aromatic heterocycles. The van der Waals surface area contributed by atoms with Gasteiger partial charge in [-0.1, -0.05) is 6.07 Å². The van der Waals surface area contributed by atoms with Crippen LogP contribution < -0.4 is 15.5 Å². The van der Waals surface area contributed by atoms with Crippen molar-refractivity contribution in [2.24, 2.45) is 4.99 Å². The van der Waals surface area contributed by atoms with E-state index in [9.17, 15) is 13.2 Å². The third-order valence-corrected chi connectivity index (χ3v) is 5.72. The smallest absolute Gasteiger partial charge is 0.378 e. The van der Waals surface area contributed by atoms with Crippen molar-refractivity contribution in [2.75, 3.05) is 44.8 Å². The van der Waals surface area contributed by atoms with Gasteiger partial charge in [-0.05, 0) is 24.6 Å². The topological polar surface area (TPSA) is 61.8 Å². The number of anilines is 1. The summed E-state index contributed by atoms with van der Waals surface area (Å²) in [5.74, 6) is 0.452. The van der Waals surface area contributed by atoms with E-state index in [2.05, 4.69) is 20.6 Å². The lowest BCUT2D eigenvalue weighted by Gasteiger charge is -2.29. The van der Waals surface area contributed by atoms with Gasteiger partial charge in [-0.15, -0.1) is 11.3 Å². The lowest BCUT2D eigenvalue weighted by molar-refractivity contribution is -0.138.